The number of rotatable bonds is 7. The van der Waals surface area contributed by atoms with Crippen LogP contribution in [0.25, 0.3) is 19.3 Å². The first-order valence-electron chi connectivity index (χ1n) is 9.74. The van der Waals surface area contributed by atoms with Crippen LogP contribution in [0, 0.1) is 13.8 Å². The number of unbranched alkanes of at least 4 members (excludes halogenated alkanes) is 3. The molecule has 2 aromatic heterocycles. The fraction of sp³-hybridized carbons (Fsp3) is 0.364. The minimum absolute atomic E-state index is 0.133. The second-order valence-electron chi connectivity index (χ2n) is 7.41. The average molecular weight is 506 g/mol. The van der Waals surface area contributed by atoms with Crippen LogP contribution < -0.4 is 11.1 Å². The van der Waals surface area contributed by atoms with Crippen LogP contribution >= 0.6 is 0 Å². The molecule has 0 N–H and O–H groups in total. The molecule has 0 bridgehead atoms. The predicted octanol–water partition coefficient (Wildman–Crippen LogP) is 3.31. The zero-order valence-corrected chi connectivity index (χ0v) is 19.7. The predicted molar refractivity (Wildman–Crippen MR) is 118 cm³/mol. The maximum absolute atomic E-state index is 12.5. The Bertz CT molecular complexity index is 1150. The van der Waals surface area contributed by atoms with E-state index >= 15 is 0 Å². The first-order valence-corrected chi connectivity index (χ1v) is 13.0. The molecule has 4 rings (SSSR count). The Balaban J connectivity index is 1.29. The molecule has 0 aliphatic heterocycles. The molecule has 28 heavy (non-hydrogen) atoms. The van der Waals surface area contributed by atoms with Crippen LogP contribution in [-0.2, 0) is 13.1 Å². The van der Waals surface area contributed by atoms with Crippen LogP contribution in [-0.4, -0.2) is 36.6 Å². The fourth-order valence-corrected chi connectivity index (χ4v) is 7.78. The van der Waals surface area contributed by atoms with Gasteiger partial charge in [-0.1, -0.05) is 0 Å². The third-order valence-corrected chi connectivity index (χ3v) is 9.78. The summed E-state index contributed by atoms with van der Waals surface area (Å²) in [7, 11) is 0. The molecule has 0 radical (unpaired) electrons. The Labute approximate surface area is 176 Å². The van der Waals surface area contributed by atoms with Gasteiger partial charge in [-0.05, 0) is 0 Å². The fourth-order valence-electron chi connectivity index (χ4n) is 3.53. The zero-order valence-electron chi connectivity index (χ0n) is 16.2. The quantitative estimate of drug-likeness (QED) is 0.285. The number of fused-ring (bicyclic) bond motifs is 2. The zero-order chi connectivity index (χ0) is 19.7. The van der Waals surface area contributed by atoms with Crippen molar-refractivity contribution in [3.63, 3.8) is 0 Å². The van der Waals surface area contributed by atoms with E-state index in [4.69, 9.17) is 0 Å². The molecule has 146 valence electrons. The number of hydrogen-bond donors (Lipinski definition) is 0. The molecule has 0 unspecified atom stereocenters. The van der Waals surface area contributed by atoms with Crippen LogP contribution in [0.2, 0.25) is 0 Å². The van der Waals surface area contributed by atoms with Crippen molar-refractivity contribution < 1.29 is 0 Å². The first kappa shape index (κ1) is 19.7. The van der Waals surface area contributed by atoms with Gasteiger partial charge < -0.3 is 0 Å². The molecule has 0 atom stereocenters. The Morgan fingerprint density at radius 1 is 0.679 bits per heavy atom. The van der Waals surface area contributed by atoms with E-state index in [0.29, 0.717) is 0 Å². The summed E-state index contributed by atoms with van der Waals surface area (Å²) in [5, 5.41) is 1.81. The van der Waals surface area contributed by atoms with Gasteiger partial charge in [0.15, 0.2) is 0 Å². The Morgan fingerprint density at radius 3 is 1.54 bits per heavy atom. The molecule has 0 aliphatic carbocycles. The summed E-state index contributed by atoms with van der Waals surface area (Å²) in [5.74, 6) is 0. The van der Waals surface area contributed by atoms with Crippen molar-refractivity contribution in [1.82, 2.24) is 7.12 Å². The van der Waals surface area contributed by atoms with E-state index in [0.717, 1.165) is 60.7 Å². The number of aryl methyl sites for hydroxylation is 4. The Kier molecular flexibility index (Phi) is 5.93. The summed E-state index contributed by atoms with van der Waals surface area (Å²) in [5.41, 5.74) is 2.72. The molecule has 0 spiro atoms. The molecule has 4 nitrogen and oxygen atoms in total. The third-order valence-electron chi connectivity index (χ3n) is 5.07. The van der Waals surface area contributed by atoms with Gasteiger partial charge in [-0.2, -0.15) is 0 Å². The van der Waals surface area contributed by atoms with E-state index in [1.165, 1.54) is 8.52 Å². The van der Waals surface area contributed by atoms with Gasteiger partial charge in [0.25, 0.3) is 0 Å². The standard InChI is InChI=1S/C22H24N2O2Se2/c1-15-7-9-19-17(13-15)21(25)23(27-19)11-5-3-4-6-12-24-22(26)18-14-16(2)8-10-20(18)28-24/h7-10,13-14H,3-6,11-12H2,1-2H3. The Hall–Kier alpha value is -1.58. The summed E-state index contributed by atoms with van der Waals surface area (Å²) in [4.78, 5) is 25.0. The molecular formula is C22H24N2O2Se2. The summed E-state index contributed by atoms with van der Waals surface area (Å²) in [6.45, 7) is 5.78. The topological polar surface area (TPSA) is 44.0 Å². The van der Waals surface area contributed by atoms with Crippen molar-refractivity contribution in [2.24, 2.45) is 0 Å². The molecule has 0 saturated carbocycles. The van der Waals surface area contributed by atoms with Crippen molar-refractivity contribution >= 4 is 48.8 Å². The second kappa shape index (κ2) is 8.42. The minimum atomic E-state index is 0.133. The van der Waals surface area contributed by atoms with E-state index < -0.39 is 0 Å². The van der Waals surface area contributed by atoms with Crippen LogP contribution in [0.3, 0.4) is 0 Å². The van der Waals surface area contributed by atoms with E-state index in [1.54, 1.807) is 0 Å². The molecule has 2 aromatic carbocycles. The SMILES string of the molecule is Cc1ccc2[se]n(CCCCCCn3[se]c4ccc(C)cc4c3=O)c(=O)c2c1. The van der Waals surface area contributed by atoms with Crippen LogP contribution in [0.5, 0.6) is 0 Å². The molecule has 6 heteroatoms. The van der Waals surface area contributed by atoms with Crippen LogP contribution in [0.1, 0.15) is 36.8 Å². The van der Waals surface area contributed by atoms with Crippen molar-refractivity contribution in [2.45, 2.75) is 52.6 Å². The number of nitrogens with zero attached hydrogens (tertiary/aromatic N) is 2. The molecule has 2 heterocycles. The van der Waals surface area contributed by atoms with Crippen molar-refractivity contribution in [3.05, 3.63) is 68.2 Å². The summed E-state index contributed by atoms with van der Waals surface area (Å²) in [6, 6.07) is 12.4. The van der Waals surface area contributed by atoms with Crippen LogP contribution in [0.15, 0.2) is 46.0 Å². The summed E-state index contributed by atoms with van der Waals surface area (Å²) in [6.07, 6.45) is 4.30. The molecule has 0 fully saturated rings. The van der Waals surface area contributed by atoms with Gasteiger partial charge in [0.2, 0.25) is 0 Å². The molecule has 0 aliphatic rings. The van der Waals surface area contributed by atoms with Gasteiger partial charge in [0.05, 0.1) is 0 Å². The maximum atomic E-state index is 12.5. The third kappa shape index (κ3) is 4.06. The van der Waals surface area contributed by atoms with E-state index in [-0.39, 0.29) is 40.6 Å². The normalized spacial score (nSPS) is 11.6. The summed E-state index contributed by atoms with van der Waals surface area (Å²) < 4.78 is 6.49. The van der Waals surface area contributed by atoms with Gasteiger partial charge in [-0.3, -0.25) is 0 Å². The molecule has 0 saturated heterocycles. The van der Waals surface area contributed by atoms with E-state index in [2.05, 4.69) is 24.3 Å². The van der Waals surface area contributed by atoms with Gasteiger partial charge in [0.1, 0.15) is 0 Å². The van der Waals surface area contributed by atoms with E-state index in [9.17, 15) is 9.59 Å². The van der Waals surface area contributed by atoms with Gasteiger partial charge in [-0.15, -0.1) is 0 Å². The average Bonchev–Trinajstić information content (AvgIpc) is 3.15. The first-order chi connectivity index (χ1) is 13.5. The summed E-state index contributed by atoms with van der Waals surface area (Å²) >= 11 is 0.267. The molecule has 4 aromatic rings. The van der Waals surface area contributed by atoms with E-state index in [1.807, 2.05) is 33.1 Å². The Morgan fingerprint density at radius 2 is 1.11 bits per heavy atom. The van der Waals surface area contributed by atoms with Gasteiger partial charge in [0, 0.05) is 0 Å². The number of hydrogen-bond acceptors (Lipinski definition) is 2. The second-order valence-corrected chi connectivity index (χ2v) is 11.9. The van der Waals surface area contributed by atoms with Gasteiger partial charge in [-0.25, -0.2) is 0 Å². The van der Waals surface area contributed by atoms with Crippen LogP contribution in [0.4, 0.5) is 0 Å². The van der Waals surface area contributed by atoms with Crippen molar-refractivity contribution in [2.75, 3.05) is 0 Å². The molecule has 0 amide bonds. The molecular weight excluding hydrogens is 482 g/mol. The monoisotopic (exact) mass is 508 g/mol. The number of benzene rings is 2. The van der Waals surface area contributed by atoms with Crippen molar-refractivity contribution in [1.29, 1.82) is 0 Å². The van der Waals surface area contributed by atoms with Crippen molar-refractivity contribution in [3.8, 4) is 0 Å². The van der Waals surface area contributed by atoms with Gasteiger partial charge >= 0.3 is 177 Å². The number of aromatic nitrogens is 2.